The molecule has 4 rings (SSSR count). The molecule has 1 aromatic carbocycles. The summed E-state index contributed by atoms with van der Waals surface area (Å²) in [4.78, 5) is 27.7. The molecule has 166 valence electrons. The van der Waals surface area contributed by atoms with Crippen molar-refractivity contribution in [2.45, 2.75) is 45.1 Å². The van der Waals surface area contributed by atoms with E-state index < -0.39 is 11.4 Å². The summed E-state index contributed by atoms with van der Waals surface area (Å²) in [6.07, 6.45) is 4.57. The number of fused-ring (bicyclic) bond motifs is 4. The topological polar surface area (TPSA) is 66.8 Å². The van der Waals surface area contributed by atoms with Gasteiger partial charge < -0.3 is 14.0 Å². The van der Waals surface area contributed by atoms with Gasteiger partial charge in [-0.2, -0.15) is 0 Å². The molecular formula is C23H25ClFNO5. The number of nitrogens with zero attached hydrogens (tertiary/aromatic N) is 1. The van der Waals surface area contributed by atoms with Crippen molar-refractivity contribution in [1.29, 1.82) is 0 Å². The average molecular weight is 450 g/mol. The number of hydrogen-bond donors (Lipinski definition) is 0. The van der Waals surface area contributed by atoms with E-state index in [9.17, 15) is 14.1 Å². The fourth-order valence-electron chi connectivity index (χ4n) is 5.27. The Hall–Kier alpha value is -2.38. The van der Waals surface area contributed by atoms with Crippen molar-refractivity contribution in [2.75, 3.05) is 20.3 Å². The number of pyridine rings is 1. The molecule has 1 fully saturated rings. The quantitative estimate of drug-likeness (QED) is 0.598. The van der Waals surface area contributed by atoms with Crippen molar-refractivity contribution in [1.82, 2.24) is 4.57 Å². The van der Waals surface area contributed by atoms with Gasteiger partial charge in [0.05, 0.1) is 17.3 Å². The van der Waals surface area contributed by atoms with Gasteiger partial charge in [0, 0.05) is 48.0 Å². The van der Waals surface area contributed by atoms with Crippen molar-refractivity contribution in [2.24, 2.45) is 5.41 Å². The highest BCUT2D eigenvalue weighted by Crippen LogP contribution is 2.58. The Balaban J connectivity index is 1.80. The highest BCUT2D eigenvalue weighted by atomic mass is 35.5. The van der Waals surface area contributed by atoms with Gasteiger partial charge in [0.2, 0.25) is 0 Å². The molecule has 0 radical (unpaired) electrons. The van der Waals surface area contributed by atoms with E-state index in [1.807, 2.05) is 10.6 Å². The van der Waals surface area contributed by atoms with Crippen LogP contribution in [0.25, 0.3) is 11.3 Å². The lowest BCUT2D eigenvalue weighted by atomic mass is 9.56. The van der Waals surface area contributed by atoms with Crippen LogP contribution in [0, 0.1) is 5.41 Å². The third-order valence-electron chi connectivity index (χ3n) is 6.17. The number of halogens is 2. The Morgan fingerprint density at radius 2 is 1.97 bits per heavy atom. The summed E-state index contributed by atoms with van der Waals surface area (Å²) in [5.41, 5.74) is 1.39. The minimum absolute atomic E-state index is 0.116. The van der Waals surface area contributed by atoms with E-state index in [4.69, 9.17) is 21.1 Å². The smallest absolute Gasteiger partial charge is 0.384 e. The van der Waals surface area contributed by atoms with Crippen LogP contribution < -0.4 is 10.2 Å². The minimum Gasteiger partial charge on any atom is -0.492 e. The lowest BCUT2D eigenvalue weighted by Crippen LogP contribution is -2.54. The number of benzene rings is 1. The summed E-state index contributed by atoms with van der Waals surface area (Å²) in [5.74, 6) is -0.684. The van der Waals surface area contributed by atoms with Gasteiger partial charge in [-0.3, -0.25) is 4.79 Å². The van der Waals surface area contributed by atoms with Crippen LogP contribution in [0.3, 0.4) is 0 Å². The maximum absolute atomic E-state index is 12.6. The van der Waals surface area contributed by atoms with Gasteiger partial charge in [0.15, 0.2) is 5.43 Å². The van der Waals surface area contributed by atoms with Gasteiger partial charge >= 0.3 is 5.97 Å². The number of methoxy groups -OCH3 is 1. The van der Waals surface area contributed by atoms with Crippen LogP contribution in [-0.4, -0.2) is 30.9 Å². The maximum Gasteiger partial charge on any atom is 0.384 e. The van der Waals surface area contributed by atoms with Crippen molar-refractivity contribution in [3.63, 3.8) is 0 Å². The molecule has 0 N–H and O–H groups in total. The van der Waals surface area contributed by atoms with E-state index in [-0.39, 0.29) is 16.5 Å². The molecule has 1 aliphatic heterocycles. The molecule has 31 heavy (non-hydrogen) atoms. The maximum atomic E-state index is 12.6. The van der Waals surface area contributed by atoms with E-state index >= 15 is 0 Å². The third kappa shape index (κ3) is 3.85. The van der Waals surface area contributed by atoms with Crippen LogP contribution in [-0.2, 0) is 21.6 Å². The number of hydrogen-bond acceptors (Lipinski definition) is 5. The molecule has 0 atom stereocenters. The molecule has 2 aliphatic rings. The second kappa shape index (κ2) is 7.95. The molecule has 1 saturated carbocycles. The second-order valence-electron chi connectivity index (χ2n) is 9.22. The monoisotopic (exact) mass is 449 g/mol. The summed E-state index contributed by atoms with van der Waals surface area (Å²) in [6, 6.07) is 5.10. The fraction of sp³-hybridized carbons (Fsp3) is 0.478. The van der Waals surface area contributed by atoms with Crippen LogP contribution in [0.15, 0.2) is 29.2 Å². The third-order valence-corrected chi connectivity index (χ3v) is 6.47. The standard InChI is InChI=1S/C23H25ClFNO5/c1-22(2)12-23(13-22)10-14-7-20(30-6-4-5-29-3)17(24)8-15(14)18-9-19(27)16(11-26(18)23)21(28)31-25/h7-9,11H,4-6,10,12-13H2,1-3H3. The Morgan fingerprint density at radius 3 is 2.61 bits per heavy atom. The van der Waals surface area contributed by atoms with E-state index in [1.165, 1.54) is 12.3 Å². The lowest BCUT2D eigenvalue weighted by Gasteiger charge is -2.57. The Morgan fingerprint density at radius 1 is 1.23 bits per heavy atom. The molecule has 8 heteroatoms. The first-order chi connectivity index (χ1) is 14.7. The number of carbonyl (C=O) groups is 1. The minimum atomic E-state index is -1.28. The predicted octanol–water partition coefficient (Wildman–Crippen LogP) is 4.70. The summed E-state index contributed by atoms with van der Waals surface area (Å²) in [5, 5.41) is 0.437. The first kappa shape index (κ1) is 21.8. The highest BCUT2D eigenvalue weighted by Gasteiger charge is 2.52. The van der Waals surface area contributed by atoms with Crippen molar-refractivity contribution < 1.29 is 23.7 Å². The number of ether oxygens (including phenoxy) is 2. The molecule has 6 nitrogen and oxygen atoms in total. The van der Waals surface area contributed by atoms with Gasteiger partial charge in [0.1, 0.15) is 11.3 Å². The Bertz CT molecular complexity index is 1090. The van der Waals surface area contributed by atoms with Gasteiger partial charge in [0.25, 0.3) is 0 Å². The van der Waals surface area contributed by atoms with Gasteiger partial charge in [-0.15, -0.1) is 0 Å². The number of carbonyl (C=O) groups excluding carboxylic acids is 1. The molecular weight excluding hydrogens is 425 g/mol. The van der Waals surface area contributed by atoms with Gasteiger partial charge in [-0.1, -0.05) is 25.4 Å². The molecule has 0 bridgehead atoms. The van der Waals surface area contributed by atoms with Crippen LogP contribution in [0.1, 0.15) is 49.0 Å². The molecule has 1 aromatic heterocycles. The predicted molar refractivity (Wildman–Crippen MR) is 114 cm³/mol. The van der Waals surface area contributed by atoms with Gasteiger partial charge in [-0.25, -0.2) is 9.74 Å². The van der Waals surface area contributed by atoms with Crippen LogP contribution >= 0.6 is 11.6 Å². The summed E-state index contributed by atoms with van der Waals surface area (Å²) in [6.45, 7) is 5.44. The fourth-order valence-corrected chi connectivity index (χ4v) is 5.49. The van der Waals surface area contributed by atoms with Crippen molar-refractivity contribution in [3.05, 3.63) is 50.8 Å². The van der Waals surface area contributed by atoms with Crippen LogP contribution in [0.4, 0.5) is 4.53 Å². The normalized spacial score (nSPS) is 17.5. The summed E-state index contributed by atoms with van der Waals surface area (Å²) < 4.78 is 25.4. The zero-order valence-corrected chi connectivity index (χ0v) is 18.6. The molecule has 1 spiro atoms. The van der Waals surface area contributed by atoms with E-state index in [1.54, 1.807) is 13.2 Å². The van der Waals surface area contributed by atoms with Crippen LogP contribution in [0.2, 0.25) is 5.02 Å². The van der Waals surface area contributed by atoms with Crippen molar-refractivity contribution in [3.8, 4) is 17.0 Å². The Kier molecular flexibility index (Phi) is 5.60. The molecule has 0 amide bonds. The van der Waals surface area contributed by atoms with E-state index in [0.717, 1.165) is 30.4 Å². The van der Waals surface area contributed by atoms with Gasteiger partial charge in [-0.05, 0) is 42.4 Å². The average Bonchev–Trinajstić information content (AvgIpc) is 2.70. The first-order valence-corrected chi connectivity index (χ1v) is 10.6. The SMILES string of the molecule is COCCCOc1cc2c(cc1Cl)-c1cc(=O)c(C(=O)OF)cn1C1(C2)CC(C)(C)C1. The van der Waals surface area contributed by atoms with Crippen molar-refractivity contribution >= 4 is 17.6 Å². The first-order valence-electron chi connectivity index (χ1n) is 10.2. The highest BCUT2D eigenvalue weighted by molar-refractivity contribution is 6.32. The largest absolute Gasteiger partial charge is 0.492 e. The second-order valence-corrected chi connectivity index (χ2v) is 9.63. The van der Waals surface area contributed by atoms with E-state index in [0.29, 0.717) is 36.1 Å². The zero-order valence-electron chi connectivity index (χ0n) is 17.8. The van der Waals surface area contributed by atoms with Crippen LogP contribution in [0.5, 0.6) is 5.75 Å². The van der Waals surface area contributed by atoms with E-state index in [2.05, 4.69) is 18.8 Å². The summed E-state index contributed by atoms with van der Waals surface area (Å²) >= 11 is 6.48. The molecule has 2 aromatic rings. The molecule has 1 aliphatic carbocycles. The lowest BCUT2D eigenvalue weighted by molar-refractivity contribution is -0.0791. The molecule has 2 heterocycles. The Labute approximate surface area is 184 Å². The molecule has 0 unspecified atom stereocenters. The zero-order chi connectivity index (χ0) is 22.4. The number of rotatable bonds is 6. The molecule has 0 saturated heterocycles. The number of aromatic nitrogens is 1. The summed E-state index contributed by atoms with van der Waals surface area (Å²) in [7, 11) is 1.64.